The van der Waals surface area contributed by atoms with Gasteiger partial charge in [0.1, 0.15) is 0 Å². The van der Waals surface area contributed by atoms with Crippen LogP contribution in [0.15, 0.2) is 115 Å². The average Bonchev–Trinajstić information content (AvgIpc) is 2.93. The van der Waals surface area contributed by atoms with Crippen molar-refractivity contribution < 1.29 is 40.4 Å². The van der Waals surface area contributed by atoms with Crippen LogP contribution < -0.4 is 15.7 Å². The molecule has 1 atom stereocenters. The molecule has 0 amide bonds. The molecular weight excluding hydrogens is 555 g/mol. The molecule has 0 saturated heterocycles. The van der Waals surface area contributed by atoms with E-state index in [0.29, 0.717) is 5.39 Å². The Hall–Kier alpha value is -3.88. The molecule has 0 radical (unpaired) electrons. The average molecular weight is 577 g/mol. The molecule has 0 aromatic heterocycles. The smallest absolute Gasteiger partial charge is 0.434 e. The molecule has 40 heavy (non-hydrogen) atoms. The maximum absolute atomic E-state index is 14.7. The molecule has 0 spiro atoms. The van der Waals surface area contributed by atoms with Gasteiger partial charge in [-0.05, 0) is 46.7 Å². The molecule has 0 aliphatic rings. The van der Waals surface area contributed by atoms with Crippen LogP contribution in [-0.2, 0) is 14.1 Å². The predicted octanol–water partition coefficient (Wildman–Crippen LogP) is 6.99. The molecule has 0 aliphatic carbocycles. The first-order valence-corrected chi connectivity index (χ1v) is 13.5. The zero-order valence-corrected chi connectivity index (χ0v) is 21.5. The maximum atomic E-state index is 14.7. The SMILES string of the molecule is C=C(C(=O)OC(C(F)(F)F)C(F)(F)F)[C@@H](NP(=O)(c1ccccc1)c1ccccc1)c1ccc2ccccc2c1. The fourth-order valence-corrected chi connectivity index (χ4v) is 6.57. The molecule has 4 rings (SSSR count). The Morgan fingerprint density at radius 2 is 1.20 bits per heavy atom. The van der Waals surface area contributed by atoms with Crippen molar-refractivity contribution in [2.45, 2.75) is 24.5 Å². The predicted molar refractivity (Wildman–Crippen MR) is 141 cm³/mol. The molecule has 208 valence electrons. The number of halogens is 6. The van der Waals surface area contributed by atoms with E-state index in [9.17, 15) is 35.7 Å². The van der Waals surface area contributed by atoms with Crippen molar-refractivity contribution in [3.63, 3.8) is 0 Å². The Labute approximate surface area is 225 Å². The zero-order chi connectivity index (χ0) is 29.1. The summed E-state index contributed by atoms with van der Waals surface area (Å²) in [4.78, 5) is 12.8. The zero-order valence-electron chi connectivity index (χ0n) is 20.6. The molecule has 0 fully saturated rings. The van der Waals surface area contributed by atoms with E-state index in [0.717, 1.165) is 5.39 Å². The summed E-state index contributed by atoms with van der Waals surface area (Å²) in [5.41, 5.74) is -0.566. The fourth-order valence-electron chi connectivity index (χ4n) is 4.12. The lowest BCUT2D eigenvalue weighted by molar-refractivity contribution is -0.312. The van der Waals surface area contributed by atoms with Crippen LogP contribution in [0.5, 0.6) is 0 Å². The number of carbonyl (C=O) groups is 1. The van der Waals surface area contributed by atoms with E-state index in [-0.39, 0.29) is 16.2 Å². The van der Waals surface area contributed by atoms with Crippen LogP contribution in [0.25, 0.3) is 10.8 Å². The van der Waals surface area contributed by atoms with E-state index >= 15 is 0 Å². The van der Waals surface area contributed by atoms with Crippen LogP contribution in [0.2, 0.25) is 0 Å². The highest BCUT2D eigenvalue weighted by Crippen LogP contribution is 2.44. The van der Waals surface area contributed by atoms with Gasteiger partial charge in [-0.15, -0.1) is 0 Å². The van der Waals surface area contributed by atoms with E-state index < -0.39 is 43.3 Å². The molecular formula is C29H22F6NO3P. The standard InChI is InChI=1S/C29H22F6NO3P/c1-19(26(37)39-27(28(30,31)32)29(33,34)35)25(22-17-16-20-10-8-9-11-21(20)18-22)36-40(38,23-12-4-2-5-13-23)24-14-6-3-7-15-24/h2-18,25,27H,1H2,(H,36,38)/t25-/m1/s1. The van der Waals surface area contributed by atoms with Crippen molar-refractivity contribution in [2.75, 3.05) is 0 Å². The second-order valence-electron chi connectivity index (χ2n) is 8.84. The second-order valence-corrected chi connectivity index (χ2v) is 11.4. The molecule has 0 saturated carbocycles. The van der Waals surface area contributed by atoms with Gasteiger partial charge in [-0.25, -0.2) is 9.88 Å². The summed E-state index contributed by atoms with van der Waals surface area (Å²) in [7, 11) is -3.86. The lowest BCUT2D eigenvalue weighted by atomic mass is 9.98. The fraction of sp³-hybridized carbons (Fsp3) is 0.138. The van der Waals surface area contributed by atoms with Gasteiger partial charge in [0.15, 0.2) is 0 Å². The van der Waals surface area contributed by atoms with E-state index in [1.165, 1.54) is 6.07 Å². The number of rotatable bonds is 8. The minimum atomic E-state index is -5.91. The highest BCUT2D eigenvalue weighted by atomic mass is 31.2. The number of carbonyl (C=O) groups excluding carboxylic acids is 1. The first-order valence-electron chi connectivity index (χ1n) is 11.8. The third kappa shape index (κ3) is 6.29. The lowest BCUT2D eigenvalue weighted by Gasteiger charge is -2.29. The third-order valence-corrected chi connectivity index (χ3v) is 8.76. The highest BCUT2D eigenvalue weighted by molar-refractivity contribution is 7.76. The Morgan fingerprint density at radius 1 is 0.725 bits per heavy atom. The van der Waals surface area contributed by atoms with Gasteiger partial charge in [-0.2, -0.15) is 26.3 Å². The molecule has 1 N–H and O–H groups in total. The van der Waals surface area contributed by atoms with Gasteiger partial charge in [0, 0.05) is 10.6 Å². The van der Waals surface area contributed by atoms with Crippen molar-refractivity contribution in [1.29, 1.82) is 0 Å². The summed E-state index contributed by atoms with van der Waals surface area (Å²) in [6, 6.07) is 26.4. The quantitative estimate of drug-likeness (QED) is 0.106. The molecule has 0 unspecified atom stereocenters. The van der Waals surface area contributed by atoms with Crippen LogP contribution in [-0.4, -0.2) is 24.4 Å². The summed E-state index contributed by atoms with van der Waals surface area (Å²) in [6.45, 7) is 3.51. The number of esters is 1. The van der Waals surface area contributed by atoms with E-state index in [1.807, 2.05) is 0 Å². The van der Waals surface area contributed by atoms with Gasteiger partial charge >= 0.3 is 18.3 Å². The summed E-state index contributed by atoms with van der Waals surface area (Å²) in [5, 5.41) is 4.88. The minimum Gasteiger partial charge on any atom is -0.439 e. The summed E-state index contributed by atoms with van der Waals surface area (Å²) < 4.78 is 97.6. The molecule has 4 aromatic rings. The number of benzene rings is 4. The van der Waals surface area contributed by atoms with Crippen molar-refractivity contribution in [3.8, 4) is 0 Å². The van der Waals surface area contributed by atoms with Crippen molar-refractivity contribution in [2.24, 2.45) is 0 Å². The van der Waals surface area contributed by atoms with E-state index in [1.54, 1.807) is 97.1 Å². The molecule has 4 nitrogen and oxygen atoms in total. The monoisotopic (exact) mass is 577 g/mol. The lowest BCUT2D eigenvalue weighted by Crippen LogP contribution is -2.46. The van der Waals surface area contributed by atoms with Crippen LogP contribution in [0.3, 0.4) is 0 Å². The number of fused-ring (bicyclic) bond motifs is 1. The third-order valence-electron chi connectivity index (χ3n) is 6.09. The first-order chi connectivity index (χ1) is 18.8. The Balaban J connectivity index is 1.83. The van der Waals surface area contributed by atoms with E-state index in [2.05, 4.69) is 16.4 Å². The van der Waals surface area contributed by atoms with Gasteiger partial charge in [-0.3, -0.25) is 4.57 Å². The molecule has 0 bridgehead atoms. The topological polar surface area (TPSA) is 55.4 Å². The number of nitrogens with one attached hydrogen (secondary N) is 1. The maximum Gasteiger partial charge on any atom is 0.434 e. The molecule has 4 aromatic carbocycles. The van der Waals surface area contributed by atoms with Crippen LogP contribution in [0.1, 0.15) is 11.6 Å². The van der Waals surface area contributed by atoms with Gasteiger partial charge in [0.25, 0.3) is 6.10 Å². The Morgan fingerprint density at radius 3 is 1.70 bits per heavy atom. The van der Waals surface area contributed by atoms with Crippen molar-refractivity contribution >= 4 is 34.6 Å². The normalized spacial score (nSPS) is 13.3. The molecule has 0 heterocycles. The largest absolute Gasteiger partial charge is 0.439 e. The van der Waals surface area contributed by atoms with Gasteiger partial charge in [0.05, 0.1) is 11.6 Å². The summed E-state index contributed by atoms with van der Waals surface area (Å²) in [5.74, 6) is -1.95. The van der Waals surface area contributed by atoms with E-state index in [4.69, 9.17) is 0 Å². The summed E-state index contributed by atoms with van der Waals surface area (Å²) >= 11 is 0. The van der Waals surface area contributed by atoms with Crippen molar-refractivity contribution in [1.82, 2.24) is 5.09 Å². The van der Waals surface area contributed by atoms with Crippen LogP contribution >= 0.6 is 7.29 Å². The van der Waals surface area contributed by atoms with Crippen molar-refractivity contribution in [3.05, 3.63) is 121 Å². The Kier molecular flexibility index (Phi) is 8.23. The van der Waals surface area contributed by atoms with Crippen LogP contribution in [0, 0.1) is 0 Å². The first kappa shape index (κ1) is 29.1. The van der Waals surface area contributed by atoms with Gasteiger partial charge in [0.2, 0.25) is 7.29 Å². The number of hydrogen-bond donors (Lipinski definition) is 1. The summed E-state index contributed by atoms with van der Waals surface area (Å²) in [6.07, 6.45) is -16.2. The van der Waals surface area contributed by atoms with Gasteiger partial charge in [-0.1, -0.05) is 79.4 Å². The number of alkyl halides is 6. The minimum absolute atomic E-state index is 0.225. The van der Waals surface area contributed by atoms with Gasteiger partial charge < -0.3 is 4.74 Å². The number of hydrogen-bond acceptors (Lipinski definition) is 3. The molecule has 11 heteroatoms. The second kappa shape index (κ2) is 11.3. The van der Waals surface area contributed by atoms with Crippen LogP contribution in [0.4, 0.5) is 26.3 Å². The highest BCUT2D eigenvalue weighted by Gasteiger charge is 2.60. The molecule has 0 aliphatic heterocycles. The number of ether oxygens (including phenoxy) is 1. The Bertz CT molecular complexity index is 1500.